The van der Waals surface area contributed by atoms with Gasteiger partial charge in [-0.05, 0) is 37.6 Å². The Balaban J connectivity index is 1.86. The smallest absolute Gasteiger partial charge is 0.0645 e. The second-order valence-corrected chi connectivity index (χ2v) is 4.74. The highest BCUT2D eigenvalue weighted by Crippen LogP contribution is 2.22. The van der Waals surface area contributed by atoms with Crippen molar-refractivity contribution in [2.45, 2.75) is 19.3 Å². The first kappa shape index (κ1) is 10.5. The average molecular weight is 227 g/mol. The molecule has 2 aromatic rings. The summed E-state index contributed by atoms with van der Waals surface area (Å²) in [5.41, 5.74) is 3.75. The van der Waals surface area contributed by atoms with E-state index >= 15 is 0 Å². The van der Waals surface area contributed by atoms with Crippen molar-refractivity contribution >= 4 is 0 Å². The van der Waals surface area contributed by atoms with E-state index in [4.69, 9.17) is 0 Å². The zero-order chi connectivity index (χ0) is 11.7. The Labute approximate surface area is 101 Å². The number of rotatable bonds is 2. The molecule has 0 amide bonds. The molecule has 0 aliphatic carbocycles. The molecule has 0 spiro atoms. The van der Waals surface area contributed by atoms with Crippen molar-refractivity contribution in [3.63, 3.8) is 0 Å². The first-order valence-electron chi connectivity index (χ1n) is 6.15. The molecule has 1 fully saturated rings. The van der Waals surface area contributed by atoms with Crippen LogP contribution in [0.3, 0.4) is 0 Å². The third-order valence-electron chi connectivity index (χ3n) is 3.43. The van der Waals surface area contributed by atoms with Crippen molar-refractivity contribution in [1.29, 1.82) is 0 Å². The molecule has 1 aliphatic rings. The normalized spacial score (nSPS) is 19.7. The van der Waals surface area contributed by atoms with Crippen molar-refractivity contribution in [1.82, 2.24) is 15.1 Å². The highest BCUT2D eigenvalue weighted by atomic mass is 15.3. The summed E-state index contributed by atoms with van der Waals surface area (Å²) >= 11 is 0. The molecule has 1 unspecified atom stereocenters. The number of aromatic nitrogens is 2. The van der Waals surface area contributed by atoms with Gasteiger partial charge >= 0.3 is 0 Å². The maximum Gasteiger partial charge on any atom is 0.0645 e. The van der Waals surface area contributed by atoms with Gasteiger partial charge in [0, 0.05) is 18.7 Å². The fourth-order valence-corrected chi connectivity index (χ4v) is 2.33. The second kappa shape index (κ2) is 4.34. The summed E-state index contributed by atoms with van der Waals surface area (Å²) < 4.78 is 1.97. The lowest BCUT2D eigenvalue weighted by Crippen LogP contribution is -2.07. The molecular formula is C14H17N3. The summed E-state index contributed by atoms with van der Waals surface area (Å²) in [5, 5.41) is 7.84. The van der Waals surface area contributed by atoms with Crippen LogP contribution in [0.4, 0.5) is 0 Å². The highest BCUT2D eigenvalue weighted by Gasteiger charge is 2.18. The standard InChI is InChI=1S/C14H17N3/c1-11-2-4-14(5-3-11)17-10-13(9-16-17)12-6-7-15-8-12/h2-5,9-10,12,15H,6-8H2,1H3. The number of hydrogen-bond acceptors (Lipinski definition) is 2. The molecule has 0 saturated carbocycles. The van der Waals surface area contributed by atoms with Crippen LogP contribution in [-0.2, 0) is 0 Å². The summed E-state index contributed by atoms with van der Waals surface area (Å²) in [7, 11) is 0. The Morgan fingerprint density at radius 2 is 2.12 bits per heavy atom. The van der Waals surface area contributed by atoms with Crippen LogP contribution >= 0.6 is 0 Å². The molecule has 88 valence electrons. The third kappa shape index (κ3) is 2.11. The van der Waals surface area contributed by atoms with Crippen LogP contribution in [0, 0.1) is 6.92 Å². The van der Waals surface area contributed by atoms with Crippen LogP contribution in [0.2, 0.25) is 0 Å². The number of hydrogen-bond donors (Lipinski definition) is 1. The predicted octanol–water partition coefficient (Wildman–Crippen LogP) is 2.26. The van der Waals surface area contributed by atoms with Gasteiger partial charge < -0.3 is 5.32 Å². The Hall–Kier alpha value is -1.61. The zero-order valence-electron chi connectivity index (χ0n) is 10.1. The van der Waals surface area contributed by atoms with Crippen LogP contribution in [0.5, 0.6) is 0 Å². The minimum absolute atomic E-state index is 0.634. The minimum Gasteiger partial charge on any atom is -0.316 e. The van der Waals surface area contributed by atoms with Gasteiger partial charge in [-0.2, -0.15) is 5.10 Å². The van der Waals surface area contributed by atoms with E-state index in [9.17, 15) is 0 Å². The molecule has 1 aromatic carbocycles. The van der Waals surface area contributed by atoms with E-state index in [1.165, 1.54) is 17.5 Å². The highest BCUT2D eigenvalue weighted by molar-refractivity contribution is 5.34. The maximum atomic E-state index is 4.45. The van der Waals surface area contributed by atoms with E-state index in [1.807, 2.05) is 10.9 Å². The summed E-state index contributed by atoms with van der Waals surface area (Å²) in [6.07, 6.45) is 5.37. The summed E-state index contributed by atoms with van der Waals surface area (Å²) in [6, 6.07) is 8.46. The zero-order valence-corrected chi connectivity index (χ0v) is 10.1. The van der Waals surface area contributed by atoms with Gasteiger partial charge in [0.2, 0.25) is 0 Å². The molecular weight excluding hydrogens is 210 g/mol. The first-order chi connectivity index (χ1) is 8.33. The molecule has 0 bridgehead atoms. The molecule has 1 atom stereocenters. The van der Waals surface area contributed by atoms with Gasteiger partial charge in [0.1, 0.15) is 0 Å². The first-order valence-corrected chi connectivity index (χ1v) is 6.15. The van der Waals surface area contributed by atoms with Gasteiger partial charge in [0.05, 0.1) is 11.9 Å². The molecule has 1 N–H and O–H groups in total. The number of benzene rings is 1. The monoisotopic (exact) mass is 227 g/mol. The summed E-state index contributed by atoms with van der Waals surface area (Å²) in [4.78, 5) is 0. The van der Waals surface area contributed by atoms with Crippen LogP contribution < -0.4 is 5.32 Å². The fourth-order valence-electron chi connectivity index (χ4n) is 2.33. The van der Waals surface area contributed by atoms with E-state index < -0.39 is 0 Å². The fraction of sp³-hybridized carbons (Fsp3) is 0.357. The van der Waals surface area contributed by atoms with Gasteiger partial charge in [-0.1, -0.05) is 17.7 Å². The van der Waals surface area contributed by atoms with Gasteiger partial charge in [0.15, 0.2) is 0 Å². The Morgan fingerprint density at radius 1 is 1.29 bits per heavy atom. The van der Waals surface area contributed by atoms with E-state index in [0.29, 0.717) is 5.92 Å². The van der Waals surface area contributed by atoms with E-state index in [1.54, 1.807) is 0 Å². The van der Waals surface area contributed by atoms with Gasteiger partial charge in [-0.25, -0.2) is 4.68 Å². The predicted molar refractivity (Wildman–Crippen MR) is 68.5 cm³/mol. The van der Waals surface area contributed by atoms with E-state index in [-0.39, 0.29) is 0 Å². The minimum atomic E-state index is 0.634. The van der Waals surface area contributed by atoms with Crippen LogP contribution in [0.1, 0.15) is 23.5 Å². The van der Waals surface area contributed by atoms with Crippen LogP contribution in [-0.4, -0.2) is 22.9 Å². The Kier molecular flexibility index (Phi) is 2.69. The number of nitrogens with one attached hydrogen (secondary N) is 1. The van der Waals surface area contributed by atoms with Crippen molar-refractivity contribution in [3.8, 4) is 5.69 Å². The lowest BCUT2D eigenvalue weighted by Gasteiger charge is -2.04. The van der Waals surface area contributed by atoms with E-state index in [2.05, 4.69) is 47.8 Å². The van der Waals surface area contributed by atoms with Crippen molar-refractivity contribution in [3.05, 3.63) is 47.8 Å². The quantitative estimate of drug-likeness (QED) is 0.853. The van der Waals surface area contributed by atoms with Gasteiger partial charge in [0.25, 0.3) is 0 Å². The largest absolute Gasteiger partial charge is 0.316 e. The van der Waals surface area contributed by atoms with E-state index in [0.717, 1.165) is 18.8 Å². The van der Waals surface area contributed by atoms with Gasteiger partial charge in [-0.3, -0.25) is 0 Å². The molecule has 2 heterocycles. The average Bonchev–Trinajstić information content (AvgIpc) is 3.00. The van der Waals surface area contributed by atoms with Crippen LogP contribution in [0.25, 0.3) is 5.69 Å². The van der Waals surface area contributed by atoms with Crippen molar-refractivity contribution < 1.29 is 0 Å². The molecule has 1 aliphatic heterocycles. The number of nitrogens with zero attached hydrogens (tertiary/aromatic N) is 2. The second-order valence-electron chi connectivity index (χ2n) is 4.74. The maximum absolute atomic E-state index is 4.45. The number of aryl methyl sites for hydroxylation is 1. The lowest BCUT2D eigenvalue weighted by molar-refractivity contribution is 0.762. The molecule has 0 radical (unpaired) electrons. The van der Waals surface area contributed by atoms with Crippen molar-refractivity contribution in [2.24, 2.45) is 0 Å². The topological polar surface area (TPSA) is 29.9 Å². The molecule has 3 nitrogen and oxygen atoms in total. The molecule has 1 aromatic heterocycles. The third-order valence-corrected chi connectivity index (χ3v) is 3.43. The van der Waals surface area contributed by atoms with Gasteiger partial charge in [-0.15, -0.1) is 0 Å². The van der Waals surface area contributed by atoms with Crippen LogP contribution in [0.15, 0.2) is 36.7 Å². The Morgan fingerprint density at radius 3 is 2.82 bits per heavy atom. The van der Waals surface area contributed by atoms with Crippen molar-refractivity contribution in [2.75, 3.05) is 13.1 Å². The Bertz CT molecular complexity index is 492. The SMILES string of the molecule is Cc1ccc(-n2cc(C3CCNC3)cn2)cc1. The lowest BCUT2D eigenvalue weighted by atomic mass is 10.0. The molecule has 17 heavy (non-hydrogen) atoms. The molecule has 3 heteroatoms. The summed E-state index contributed by atoms with van der Waals surface area (Å²) in [5.74, 6) is 0.634. The molecule has 3 rings (SSSR count). The molecule has 1 saturated heterocycles. The summed E-state index contributed by atoms with van der Waals surface area (Å²) in [6.45, 7) is 4.31.